The molecule has 170 valence electrons. The lowest BCUT2D eigenvalue weighted by molar-refractivity contribution is 0.202. The van der Waals surface area contributed by atoms with E-state index in [1.165, 1.54) is 32.1 Å². The second-order valence-corrected chi connectivity index (χ2v) is 9.00. The molecular weight excluding hydrogens is 402 g/mol. The average Bonchev–Trinajstić information content (AvgIpc) is 3.46. The molecule has 3 heterocycles. The van der Waals surface area contributed by atoms with Gasteiger partial charge in [-0.3, -0.25) is 4.90 Å². The molecule has 3 N–H and O–H groups in total. The Bertz CT molecular complexity index is 1060. The fourth-order valence-electron chi connectivity index (χ4n) is 4.78. The Labute approximate surface area is 189 Å². The molecule has 32 heavy (non-hydrogen) atoms. The molecule has 5 rings (SSSR count). The number of aromatic amines is 1. The number of likely N-dealkylation sites (tertiary alicyclic amines) is 1. The summed E-state index contributed by atoms with van der Waals surface area (Å²) in [5.41, 5.74) is 3.59. The summed E-state index contributed by atoms with van der Waals surface area (Å²) in [5.74, 6) is 2.29. The van der Waals surface area contributed by atoms with Crippen molar-refractivity contribution in [1.29, 1.82) is 0 Å². The standard InChI is InChI=1S/C24H33N7O/c1-3-31-12-11-19(14-31)32-18-9-10-20(16(2)13-18)28-24-29-22-21(25-15-26-22)23(30-24)27-17-7-5-4-6-8-17/h9-10,13,15,17,19H,3-8,11-12,14H2,1-2H3,(H3,25,26,27,28,29,30). The molecule has 1 unspecified atom stereocenters. The van der Waals surface area contributed by atoms with Gasteiger partial charge >= 0.3 is 0 Å². The van der Waals surface area contributed by atoms with Crippen molar-refractivity contribution in [2.75, 3.05) is 30.3 Å². The molecule has 2 fully saturated rings. The summed E-state index contributed by atoms with van der Waals surface area (Å²) in [5, 5.41) is 7.01. The normalized spacial score (nSPS) is 20.0. The van der Waals surface area contributed by atoms with Crippen molar-refractivity contribution in [1.82, 2.24) is 24.8 Å². The second-order valence-electron chi connectivity index (χ2n) is 9.00. The lowest BCUT2D eigenvalue weighted by Crippen LogP contribution is -2.24. The van der Waals surface area contributed by atoms with Gasteiger partial charge in [-0.05, 0) is 56.5 Å². The largest absolute Gasteiger partial charge is 0.489 e. The number of H-pyrrole nitrogens is 1. The summed E-state index contributed by atoms with van der Waals surface area (Å²) in [6.45, 7) is 7.48. The van der Waals surface area contributed by atoms with Crippen molar-refractivity contribution in [2.24, 2.45) is 0 Å². The van der Waals surface area contributed by atoms with E-state index in [2.05, 4.69) is 50.4 Å². The molecule has 2 aliphatic rings. The molecule has 3 aromatic rings. The van der Waals surface area contributed by atoms with Gasteiger partial charge in [-0.1, -0.05) is 26.2 Å². The van der Waals surface area contributed by atoms with Gasteiger partial charge in [0.1, 0.15) is 17.4 Å². The van der Waals surface area contributed by atoms with Crippen LogP contribution in [0.1, 0.15) is 51.0 Å². The van der Waals surface area contributed by atoms with Crippen molar-refractivity contribution >= 4 is 28.6 Å². The number of hydrogen-bond donors (Lipinski definition) is 3. The highest BCUT2D eigenvalue weighted by molar-refractivity contribution is 5.84. The number of rotatable bonds is 7. The van der Waals surface area contributed by atoms with Gasteiger partial charge in [0.05, 0.1) is 6.33 Å². The van der Waals surface area contributed by atoms with E-state index in [0.717, 1.165) is 54.4 Å². The first-order valence-corrected chi connectivity index (χ1v) is 11.9. The van der Waals surface area contributed by atoms with E-state index < -0.39 is 0 Å². The molecule has 8 nitrogen and oxygen atoms in total. The first-order chi connectivity index (χ1) is 15.7. The highest BCUT2D eigenvalue weighted by atomic mass is 16.5. The zero-order valence-electron chi connectivity index (χ0n) is 19.0. The number of benzene rings is 1. The summed E-state index contributed by atoms with van der Waals surface area (Å²) in [4.78, 5) is 19.4. The van der Waals surface area contributed by atoms with Crippen LogP contribution in [0.25, 0.3) is 11.2 Å². The fourth-order valence-corrected chi connectivity index (χ4v) is 4.78. The Balaban J connectivity index is 1.31. The smallest absolute Gasteiger partial charge is 0.231 e. The number of aromatic nitrogens is 4. The highest BCUT2D eigenvalue weighted by Crippen LogP contribution is 2.28. The molecule has 8 heteroatoms. The lowest BCUT2D eigenvalue weighted by atomic mass is 9.95. The number of likely N-dealkylation sites (N-methyl/N-ethyl adjacent to an activating group) is 1. The fraction of sp³-hybridized carbons (Fsp3) is 0.542. The van der Waals surface area contributed by atoms with E-state index in [-0.39, 0.29) is 6.10 Å². The minimum atomic E-state index is 0.270. The monoisotopic (exact) mass is 435 g/mol. The number of anilines is 3. The molecular formula is C24H33N7O. The third-order valence-electron chi connectivity index (χ3n) is 6.66. The summed E-state index contributed by atoms with van der Waals surface area (Å²) >= 11 is 0. The molecule has 1 saturated carbocycles. The third-order valence-corrected chi connectivity index (χ3v) is 6.66. The van der Waals surface area contributed by atoms with E-state index in [9.17, 15) is 0 Å². The average molecular weight is 436 g/mol. The minimum absolute atomic E-state index is 0.270. The first-order valence-electron chi connectivity index (χ1n) is 11.9. The van der Waals surface area contributed by atoms with Crippen molar-refractivity contribution in [2.45, 2.75) is 64.5 Å². The molecule has 1 aliphatic carbocycles. The van der Waals surface area contributed by atoms with Crippen LogP contribution in [-0.4, -0.2) is 56.6 Å². The molecule has 0 amide bonds. The number of ether oxygens (including phenoxy) is 1. The van der Waals surface area contributed by atoms with Crippen LogP contribution in [0.2, 0.25) is 0 Å². The van der Waals surface area contributed by atoms with Crippen molar-refractivity contribution in [3.63, 3.8) is 0 Å². The van der Waals surface area contributed by atoms with Crippen LogP contribution in [-0.2, 0) is 0 Å². The van der Waals surface area contributed by atoms with Crippen LogP contribution in [0.15, 0.2) is 24.5 Å². The maximum Gasteiger partial charge on any atom is 0.231 e. The maximum atomic E-state index is 6.22. The number of nitrogens with zero attached hydrogens (tertiary/aromatic N) is 4. The Hall–Kier alpha value is -2.87. The Kier molecular flexibility index (Phi) is 6.12. The first kappa shape index (κ1) is 21.0. The molecule has 1 aliphatic heterocycles. The Morgan fingerprint density at radius 2 is 2.03 bits per heavy atom. The van der Waals surface area contributed by atoms with Crippen LogP contribution in [0.3, 0.4) is 0 Å². The summed E-state index contributed by atoms with van der Waals surface area (Å²) in [6, 6.07) is 6.61. The zero-order valence-corrected chi connectivity index (χ0v) is 19.0. The predicted molar refractivity (Wildman–Crippen MR) is 128 cm³/mol. The maximum absolute atomic E-state index is 6.22. The number of nitrogens with one attached hydrogen (secondary N) is 3. The van der Waals surface area contributed by atoms with E-state index in [1.54, 1.807) is 6.33 Å². The van der Waals surface area contributed by atoms with Gasteiger partial charge in [0.15, 0.2) is 11.5 Å². The third kappa shape index (κ3) is 4.65. The molecule has 1 aromatic carbocycles. The van der Waals surface area contributed by atoms with Gasteiger partial charge in [-0.2, -0.15) is 9.97 Å². The number of aryl methyl sites for hydroxylation is 1. The predicted octanol–water partition coefficient (Wildman–Crippen LogP) is 4.62. The molecule has 2 aromatic heterocycles. The van der Waals surface area contributed by atoms with Crippen molar-refractivity contribution in [3.05, 3.63) is 30.1 Å². The van der Waals surface area contributed by atoms with E-state index >= 15 is 0 Å². The zero-order chi connectivity index (χ0) is 21.9. The lowest BCUT2D eigenvalue weighted by Gasteiger charge is -2.23. The van der Waals surface area contributed by atoms with E-state index in [1.807, 2.05) is 12.1 Å². The molecule has 1 saturated heterocycles. The molecule has 1 atom stereocenters. The summed E-state index contributed by atoms with van der Waals surface area (Å²) in [6.07, 6.45) is 9.25. The van der Waals surface area contributed by atoms with E-state index in [4.69, 9.17) is 9.72 Å². The van der Waals surface area contributed by atoms with Crippen molar-refractivity contribution in [3.8, 4) is 5.75 Å². The van der Waals surface area contributed by atoms with Gasteiger partial charge in [0.2, 0.25) is 5.95 Å². The SMILES string of the molecule is CCN1CCC(Oc2ccc(Nc3nc(NC4CCCCC4)c4[nH]cnc4n3)c(C)c2)C1. The van der Waals surface area contributed by atoms with Crippen LogP contribution < -0.4 is 15.4 Å². The Morgan fingerprint density at radius 3 is 2.81 bits per heavy atom. The number of hydrogen-bond acceptors (Lipinski definition) is 7. The number of fused-ring (bicyclic) bond motifs is 1. The van der Waals surface area contributed by atoms with Crippen LogP contribution in [0, 0.1) is 6.92 Å². The summed E-state index contributed by atoms with van der Waals surface area (Å²) < 4.78 is 6.22. The van der Waals surface area contributed by atoms with Crippen molar-refractivity contribution < 1.29 is 4.74 Å². The van der Waals surface area contributed by atoms with Crippen LogP contribution in [0.4, 0.5) is 17.5 Å². The van der Waals surface area contributed by atoms with Gasteiger partial charge in [-0.25, -0.2) is 4.98 Å². The summed E-state index contributed by atoms with van der Waals surface area (Å²) in [7, 11) is 0. The molecule has 0 bridgehead atoms. The van der Waals surface area contributed by atoms with E-state index in [0.29, 0.717) is 17.6 Å². The number of imidazole rings is 1. The highest BCUT2D eigenvalue weighted by Gasteiger charge is 2.23. The molecule has 0 spiro atoms. The van der Waals surface area contributed by atoms with Gasteiger partial charge in [0, 0.05) is 24.8 Å². The molecule has 0 radical (unpaired) electrons. The van der Waals surface area contributed by atoms with Crippen LogP contribution >= 0.6 is 0 Å². The van der Waals surface area contributed by atoms with Crippen LogP contribution in [0.5, 0.6) is 5.75 Å². The van der Waals surface area contributed by atoms with Gasteiger partial charge in [0.25, 0.3) is 0 Å². The second kappa shape index (κ2) is 9.32. The van der Waals surface area contributed by atoms with Gasteiger partial charge in [-0.15, -0.1) is 0 Å². The Morgan fingerprint density at radius 1 is 1.16 bits per heavy atom. The minimum Gasteiger partial charge on any atom is -0.489 e. The van der Waals surface area contributed by atoms with Gasteiger partial charge < -0.3 is 20.4 Å². The topological polar surface area (TPSA) is 91.0 Å². The quantitative estimate of drug-likeness (QED) is 0.499.